The van der Waals surface area contributed by atoms with Gasteiger partial charge in [-0.2, -0.15) is 4.52 Å². The maximum absolute atomic E-state index is 12.4. The van der Waals surface area contributed by atoms with E-state index >= 15 is 0 Å². The molecule has 0 aliphatic carbocycles. The number of carbonyl (C=O) groups is 1. The van der Waals surface area contributed by atoms with Crippen molar-refractivity contribution < 1.29 is 4.79 Å². The lowest BCUT2D eigenvalue weighted by molar-refractivity contribution is 0.102. The standard InChI is InChI=1S/C21H19BrN4OS2/c1-21(2,3)15-8-4-14(5-9-15)18-23-24-19-26(18)25-20(29-19)28-12-17(27)13-6-10-16(22)11-7-13/h4-11H,12H2,1-3H3. The molecule has 0 atom stereocenters. The number of carbonyl (C=O) groups excluding carboxylic acids is 1. The molecule has 0 radical (unpaired) electrons. The highest BCUT2D eigenvalue weighted by molar-refractivity contribution is 9.10. The van der Waals surface area contributed by atoms with E-state index in [1.165, 1.54) is 28.7 Å². The van der Waals surface area contributed by atoms with E-state index in [0.717, 1.165) is 19.3 Å². The summed E-state index contributed by atoms with van der Waals surface area (Å²) in [6.07, 6.45) is 0. The molecule has 0 aliphatic rings. The Morgan fingerprint density at radius 2 is 1.76 bits per heavy atom. The normalized spacial score (nSPS) is 11.9. The van der Waals surface area contributed by atoms with Crippen LogP contribution >= 0.6 is 39.0 Å². The molecule has 0 aliphatic heterocycles. The van der Waals surface area contributed by atoms with Gasteiger partial charge in [-0.3, -0.25) is 4.79 Å². The summed E-state index contributed by atoms with van der Waals surface area (Å²) < 4.78 is 3.51. The number of benzene rings is 2. The molecule has 5 nitrogen and oxygen atoms in total. The molecule has 148 valence electrons. The molecule has 8 heteroatoms. The molecule has 29 heavy (non-hydrogen) atoms. The Morgan fingerprint density at radius 3 is 2.41 bits per heavy atom. The van der Waals surface area contributed by atoms with E-state index < -0.39 is 0 Å². The summed E-state index contributed by atoms with van der Waals surface area (Å²) >= 11 is 6.25. The molecule has 0 saturated heterocycles. The van der Waals surface area contributed by atoms with Crippen LogP contribution in [0.15, 0.2) is 57.3 Å². The number of hydrogen-bond donors (Lipinski definition) is 0. The first-order valence-corrected chi connectivity index (χ1v) is 11.7. The third-order valence-electron chi connectivity index (χ3n) is 4.47. The SMILES string of the molecule is CC(C)(C)c1ccc(-c2nnc3sc(SCC(=O)c4ccc(Br)cc4)nn23)cc1. The number of fused-ring (bicyclic) bond motifs is 1. The lowest BCUT2D eigenvalue weighted by Gasteiger charge is -2.18. The molecule has 0 spiro atoms. The zero-order valence-corrected chi connectivity index (χ0v) is 19.4. The van der Waals surface area contributed by atoms with E-state index in [9.17, 15) is 4.79 Å². The highest BCUT2D eigenvalue weighted by Crippen LogP contribution is 2.29. The average molecular weight is 487 g/mol. The van der Waals surface area contributed by atoms with Crippen molar-refractivity contribution in [2.45, 2.75) is 30.5 Å². The van der Waals surface area contributed by atoms with Crippen molar-refractivity contribution in [3.8, 4) is 11.4 Å². The highest BCUT2D eigenvalue weighted by Gasteiger charge is 2.17. The summed E-state index contributed by atoms with van der Waals surface area (Å²) in [4.78, 5) is 13.1. The fraction of sp³-hybridized carbons (Fsp3) is 0.238. The number of aromatic nitrogens is 4. The monoisotopic (exact) mass is 486 g/mol. The van der Waals surface area contributed by atoms with Crippen LogP contribution in [0.3, 0.4) is 0 Å². The fourth-order valence-corrected chi connectivity index (χ4v) is 4.84. The van der Waals surface area contributed by atoms with Crippen molar-refractivity contribution >= 4 is 49.8 Å². The zero-order chi connectivity index (χ0) is 20.6. The molecule has 4 rings (SSSR count). The summed E-state index contributed by atoms with van der Waals surface area (Å²) in [5, 5.41) is 13.2. The molecule has 2 heterocycles. The topological polar surface area (TPSA) is 60.2 Å². The minimum Gasteiger partial charge on any atom is -0.293 e. The third kappa shape index (κ3) is 4.44. The van der Waals surface area contributed by atoms with Crippen LogP contribution in [0.1, 0.15) is 36.7 Å². The largest absolute Gasteiger partial charge is 0.293 e. The second kappa shape index (κ2) is 8.01. The molecular weight excluding hydrogens is 468 g/mol. The number of hydrogen-bond acceptors (Lipinski definition) is 6. The minimum absolute atomic E-state index is 0.0754. The van der Waals surface area contributed by atoms with Gasteiger partial charge in [0.1, 0.15) is 0 Å². The number of ketones is 1. The smallest absolute Gasteiger partial charge is 0.235 e. The van der Waals surface area contributed by atoms with Crippen molar-refractivity contribution in [3.63, 3.8) is 0 Å². The summed E-state index contributed by atoms with van der Waals surface area (Å²) in [7, 11) is 0. The van der Waals surface area contributed by atoms with Gasteiger partial charge in [-0.1, -0.05) is 96.2 Å². The fourth-order valence-electron chi connectivity index (χ4n) is 2.80. The Hall–Kier alpha value is -2.03. The molecule has 0 unspecified atom stereocenters. The van der Waals surface area contributed by atoms with Crippen LogP contribution in [0.4, 0.5) is 0 Å². The van der Waals surface area contributed by atoms with Gasteiger partial charge >= 0.3 is 0 Å². The number of nitrogens with zero attached hydrogens (tertiary/aromatic N) is 4. The zero-order valence-electron chi connectivity index (χ0n) is 16.2. The number of halogens is 1. The van der Waals surface area contributed by atoms with Gasteiger partial charge in [0.05, 0.1) is 5.75 Å². The van der Waals surface area contributed by atoms with E-state index in [4.69, 9.17) is 0 Å². The third-order valence-corrected chi connectivity index (χ3v) is 7.04. The van der Waals surface area contributed by atoms with E-state index in [2.05, 4.69) is 76.3 Å². The van der Waals surface area contributed by atoms with Crippen molar-refractivity contribution in [1.82, 2.24) is 19.8 Å². The number of rotatable bonds is 5. The van der Waals surface area contributed by atoms with Gasteiger partial charge in [0.2, 0.25) is 4.96 Å². The maximum atomic E-state index is 12.4. The Bertz CT molecular complexity index is 1160. The van der Waals surface area contributed by atoms with Gasteiger partial charge < -0.3 is 0 Å². The molecular formula is C21H19BrN4OS2. The van der Waals surface area contributed by atoms with Crippen molar-refractivity contribution in [2.24, 2.45) is 0 Å². The van der Waals surface area contributed by atoms with Crippen LogP contribution in [0.2, 0.25) is 0 Å². The lowest BCUT2D eigenvalue weighted by Crippen LogP contribution is -2.10. The quantitative estimate of drug-likeness (QED) is 0.260. The van der Waals surface area contributed by atoms with Gasteiger partial charge in [-0.05, 0) is 23.1 Å². The summed E-state index contributed by atoms with van der Waals surface area (Å²) in [5.74, 6) is 1.12. The Labute approximate surface area is 185 Å². The molecule has 0 saturated carbocycles. The highest BCUT2D eigenvalue weighted by atomic mass is 79.9. The first-order valence-electron chi connectivity index (χ1n) is 9.06. The van der Waals surface area contributed by atoms with Crippen LogP contribution < -0.4 is 0 Å². The van der Waals surface area contributed by atoms with Gasteiger partial charge in [-0.25, -0.2) is 0 Å². The molecule has 2 aromatic carbocycles. The van der Waals surface area contributed by atoms with Gasteiger partial charge in [-0.15, -0.1) is 15.3 Å². The molecule has 4 aromatic rings. The minimum atomic E-state index is 0.0754. The predicted octanol–water partition coefficient (Wildman–Crippen LogP) is 5.89. The van der Waals surface area contributed by atoms with Crippen LogP contribution in [0.5, 0.6) is 0 Å². The van der Waals surface area contributed by atoms with Gasteiger partial charge in [0.15, 0.2) is 15.9 Å². The van der Waals surface area contributed by atoms with Crippen LogP contribution in [-0.2, 0) is 5.41 Å². The van der Waals surface area contributed by atoms with Gasteiger partial charge in [0.25, 0.3) is 0 Å². The number of thioether (sulfide) groups is 1. The molecule has 2 aromatic heterocycles. The van der Waals surface area contributed by atoms with Crippen molar-refractivity contribution in [2.75, 3.05) is 5.75 Å². The van der Waals surface area contributed by atoms with E-state index in [-0.39, 0.29) is 11.2 Å². The molecule has 0 N–H and O–H groups in total. The second-order valence-corrected chi connectivity index (χ2v) is 10.7. The van der Waals surface area contributed by atoms with E-state index in [1.807, 2.05) is 24.3 Å². The van der Waals surface area contributed by atoms with Crippen LogP contribution in [0, 0.1) is 0 Å². The summed E-state index contributed by atoms with van der Waals surface area (Å²) in [6, 6.07) is 15.7. The Kier molecular flexibility index (Phi) is 5.59. The van der Waals surface area contributed by atoms with Crippen molar-refractivity contribution in [3.05, 3.63) is 64.1 Å². The first kappa shape index (κ1) is 20.3. The lowest BCUT2D eigenvalue weighted by atomic mass is 9.87. The van der Waals surface area contributed by atoms with Crippen LogP contribution in [0.25, 0.3) is 16.3 Å². The predicted molar refractivity (Wildman–Crippen MR) is 122 cm³/mol. The average Bonchev–Trinajstić information content (AvgIpc) is 3.26. The molecule has 0 fully saturated rings. The van der Waals surface area contributed by atoms with Gasteiger partial charge in [0, 0.05) is 15.6 Å². The molecule has 0 amide bonds. The van der Waals surface area contributed by atoms with E-state index in [1.54, 1.807) is 4.52 Å². The number of Topliss-reactive ketones (excluding diaryl/α,β-unsaturated/α-hetero) is 1. The summed E-state index contributed by atoms with van der Waals surface area (Å²) in [5.41, 5.74) is 3.04. The first-order chi connectivity index (χ1) is 13.8. The molecule has 0 bridgehead atoms. The Balaban J connectivity index is 1.51. The van der Waals surface area contributed by atoms with Crippen molar-refractivity contribution in [1.29, 1.82) is 0 Å². The second-order valence-electron chi connectivity index (χ2n) is 7.63. The maximum Gasteiger partial charge on any atom is 0.235 e. The Morgan fingerprint density at radius 1 is 1.07 bits per heavy atom. The summed E-state index contributed by atoms with van der Waals surface area (Å²) in [6.45, 7) is 6.57. The van der Waals surface area contributed by atoms with Crippen LogP contribution in [-0.4, -0.2) is 31.3 Å². The van der Waals surface area contributed by atoms with E-state index in [0.29, 0.717) is 17.1 Å².